The van der Waals surface area contributed by atoms with Gasteiger partial charge in [-0.3, -0.25) is 5.43 Å². The van der Waals surface area contributed by atoms with Crippen molar-refractivity contribution in [3.63, 3.8) is 0 Å². The van der Waals surface area contributed by atoms with Crippen LogP contribution in [0.25, 0.3) is 0 Å². The molecular formula is C25H30N4O6. The maximum Gasteiger partial charge on any atom is 0.337 e. The molecule has 0 saturated carbocycles. The maximum absolute atomic E-state index is 12.3. The predicted octanol–water partition coefficient (Wildman–Crippen LogP) is 2.52. The first kappa shape index (κ1) is 25.6. The molecule has 4 N–H and O–H groups in total. The summed E-state index contributed by atoms with van der Waals surface area (Å²) in [7, 11) is 1.28. The van der Waals surface area contributed by atoms with Gasteiger partial charge in [0.1, 0.15) is 6.61 Å². The Morgan fingerprint density at radius 3 is 2.71 bits per heavy atom. The Morgan fingerprint density at radius 2 is 2.00 bits per heavy atom. The van der Waals surface area contributed by atoms with E-state index in [0.29, 0.717) is 29.4 Å². The zero-order valence-corrected chi connectivity index (χ0v) is 20.1. The summed E-state index contributed by atoms with van der Waals surface area (Å²) in [4.78, 5) is 24.4. The lowest BCUT2D eigenvalue weighted by atomic mass is 9.95. The fourth-order valence-electron chi connectivity index (χ4n) is 3.57. The molecule has 0 spiro atoms. The van der Waals surface area contributed by atoms with Crippen molar-refractivity contribution < 1.29 is 28.9 Å². The average Bonchev–Trinajstić information content (AvgIpc) is 2.82. The van der Waals surface area contributed by atoms with Crippen molar-refractivity contribution in [2.45, 2.75) is 33.0 Å². The number of amides is 2. The van der Waals surface area contributed by atoms with E-state index in [9.17, 15) is 14.7 Å². The molecule has 35 heavy (non-hydrogen) atoms. The van der Waals surface area contributed by atoms with E-state index in [0.717, 1.165) is 11.1 Å². The largest absolute Gasteiger partial charge is 0.490 e. The van der Waals surface area contributed by atoms with Crippen molar-refractivity contribution >= 4 is 18.2 Å². The molecule has 2 aromatic rings. The first-order chi connectivity index (χ1) is 16.8. The molecule has 10 heteroatoms. The smallest absolute Gasteiger partial charge is 0.337 e. The van der Waals surface area contributed by atoms with Crippen LogP contribution in [0.5, 0.6) is 11.5 Å². The Hall–Kier alpha value is -4.05. The number of ether oxygens (including phenoxy) is 3. The molecule has 0 radical (unpaired) electrons. The van der Waals surface area contributed by atoms with Crippen LogP contribution in [0.15, 0.2) is 58.8 Å². The summed E-state index contributed by atoms with van der Waals surface area (Å²) in [5.74, 6) is 0.230. The summed E-state index contributed by atoms with van der Waals surface area (Å²) >= 11 is 0. The predicted molar refractivity (Wildman–Crippen MR) is 130 cm³/mol. The van der Waals surface area contributed by atoms with E-state index in [1.165, 1.54) is 7.11 Å². The van der Waals surface area contributed by atoms with Crippen LogP contribution in [0.2, 0.25) is 0 Å². The van der Waals surface area contributed by atoms with Crippen LogP contribution in [0.4, 0.5) is 4.79 Å². The number of rotatable bonds is 10. The highest BCUT2D eigenvalue weighted by Gasteiger charge is 2.32. The molecule has 2 atom stereocenters. The number of hydrogen-bond acceptors (Lipinski definition) is 8. The van der Waals surface area contributed by atoms with E-state index in [4.69, 9.17) is 14.2 Å². The number of hydrazone groups is 1. The number of nitrogens with one attached hydrogen (secondary N) is 3. The minimum atomic E-state index is -1.06. The van der Waals surface area contributed by atoms with E-state index < -0.39 is 24.3 Å². The maximum atomic E-state index is 12.3. The number of benzene rings is 2. The van der Waals surface area contributed by atoms with Gasteiger partial charge in [0.25, 0.3) is 0 Å². The molecule has 0 aromatic heterocycles. The van der Waals surface area contributed by atoms with Crippen molar-refractivity contribution in [3.8, 4) is 11.5 Å². The lowest BCUT2D eigenvalue weighted by molar-refractivity contribution is -0.136. The molecule has 0 saturated heterocycles. The number of aliphatic hydroxyl groups excluding tert-OH is 1. The molecule has 186 valence electrons. The minimum absolute atomic E-state index is 0.0961. The van der Waals surface area contributed by atoms with Crippen molar-refractivity contribution in [1.82, 2.24) is 16.1 Å². The Labute approximate surface area is 204 Å². The SMILES string of the molecule is CCOc1cc([C@@H]2NC(=O)NC(C)=C2C(=O)OC)ccc1OC[C@H](O)N/N=C\c1cccc(C)c1. The summed E-state index contributed by atoms with van der Waals surface area (Å²) < 4.78 is 16.3. The second kappa shape index (κ2) is 11.9. The third-order valence-electron chi connectivity index (χ3n) is 5.15. The number of methoxy groups -OCH3 is 1. The first-order valence-electron chi connectivity index (χ1n) is 11.1. The van der Waals surface area contributed by atoms with Gasteiger partial charge in [0.05, 0.1) is 31.5 Å². The van der Waals surface area contributed by atoms with Crippen molar-refractivity contribution in [2.75, 3.05) is 20.3 Å². The molecular weight excluding hydrogens is 452 g/mol. The molecule has 10 nitrogen and oxygen atoms in total. The summed E-state index contributed by atoms with van der Waals surface area (Å²) in [5.41, 5.74) is 5.93. The van der Waals surface area contributed by atoms with Crippen LogP contribution in [0, 0.1) is 6.92 Å². The molecule has 0 unspecified atom stereocenters. The van der Waals surface area contributed by atoms with Crippen LogP contribution in [0.1, 0.15) is 36.6 Å². The van der Waals surface area contributed by atoms with Crippen molar-refractivity contribution in [1.29, 1.82) is 0 Å². The Kier molecular flexibility index (Phi) is 8.69. The quantitative estimate of drug-likeness (QED) is 0.177. The second-order valence-corrected chi connectivity index (χ2v) is 7.83. The summed E-state index contributed by atoms with van der Waals surface area (Å²) in [6.07, 6.45) is 0.545. The van der Waals surface area contributed by atoms with E-state index in [1.54, 1.807) is 31.3 Å². The lowest BCUT2D eigenvalue weighted by Crippen LogP contribution is -2.45. The molecule has 1 aliphatic heterocycles. The van der Waals surface area contributed by atoms with E-state index >= 15 is 0 Å². The van der Waals surface area contributed by atoms with Gasteiger partial charge < -0.3 is 30.0 Å². The molecule has 0 fully saturated rings. The molecule has 1 aliphatic rings. The first-order valence-corrected chi connectivity index (χ1v) is 11.1. The average molecular weight is 483 g/mol. The molecule has 0 bridgehead atoms. The highest BCUT2D eigenvalue weighted by Crippen LogP contribution is 2.34. The molecule has 0 aliphatic carbocycles. The number of carbonyl (C=O) groups excluding carboxylic acids is 2. The number of esters is 1. The Balaban J connectivity index is 1.71. The number of allylic oxidation sites excluding steroid dienone is 1. The van der Waals surface area contributed by atoms with Gasteiger partial charge in [0.15, 0.2) is 17.7 Å². The van der Waals surface area contributed by atoms with Gasteiger partial charge in [-0.05, 0) is 44.0 Å². The summed E-state index contributed by atoms with van der Waals surface area (Å²) in [5, 5.41) is 19.6. The summed E-state index contributed by atoms with van der Waals surface area (Å²) in [6, 6.07) is 11.7. The van der Waals surface area contributed by atoms with E-state index in [1.807, 2.05) is 38.1 Å². The molecule has 1 heterocycles. The number of hydrogen-bond donors (Lipinski definition) is 4. The highest BCUT2D eigenvalue weighted by atomic mass is 16.5. The normalized spacial score (nSPS) is 16.4. The monoisotopic (exact) mass is 482 g/mol. The standard InChI is InChI=1S/C25H30N4O6/c1-5-34-20-12-18(23-22(24(31)33-4)16(3)27-25(32)28-23)9-10-19(20)35-14-21(30)29-26-13-17-8-6-7-15(2)11-17/h6-13,21,23,29-30H,5,14H2,1-4H3,(H2,27,28,32)/b26-13-/t21-,23-/m0/s1. The number of nitrogens with zero attached hydrogens (tertiary/aromatic N) is 1. The van der Waals surface area contributed by atoms with Gasteiger partial charge in [-0.2, -0.15) is 5.10 Å². The topological polar surface area (TPSA) is 131 Å². The van der Waals surface area contributed by atoms with Gasteiger partial charge >= 0.3 is 12.0 Å². The Bertz CT molecular complexity index is 1130. The third kappa shape index (κ3) is 6.73. The number of aliphatic hydroxyl groups is 1. The lowest BCUT2D eigenvalue weighted by Gasteiger charge is -2.28. The van der Waals surface area contributed by atoms with Crippen LogP contribution in [-0.2, 0) is 9.53 Å². The third-order valence-corrected chi connectivity index (χ3v) is 5.15. The molecule has 3 rings (SSSR count). The summed E-state index contributed by atoms with van der Waals surface area (Å²) in [6.45, 7) is 5.71. The number of aryl methyl sites for hydroxylation is 1. The Morgan fingerprint density at radius 1 is 1.20 bits per heavy atom. The minimum Gasteiger partial charge on any atom is -0.490 e. The second-order valence-electron chi connectivity index (χ2n) is 7.83. The molecule has 2 aromatic carbocycles. The highest BCUT2D eigenvalue weighted by molar-refractivity contribution is 5.95. The van der Waals surface area contributed by atoms with Crippen LogP contribution in [-0.4, -0.2) is 49.9 Å². The van der Waals surface area contributed by atoms with Crippen molar-refractivity contribution in [3.05, 3.63) is 70.4 Å². The zero-order valence-electron chi connectivity index (χ0n) is 20.1. The van der Waals surface area contributed by atoms with Crippen LogP contribution >= 0.6 is 0 Å². The fraction of sp³-hybridized carbons (Fsp3) is 0.320. The van der Waals surface area contributed by atoms with Gasteiger partial charge in [-0.15, -0.1) is 0 Å². The van der Waals surface area contributed by atoms with Gasteiger partial charge in [0, 0.05) is 5.70 Å². The molecule has 2 amide bonds. The van der Waals surface area contributed by atoms with E-state index in [2.05, 4.69) is 21.2 Å². The number of carbonyl (C=O) groups is 2. The van der Waals surface area contributed by atoms with Gasteiger partial charge in [-0.1, -0.05) is 35.9 Å². The van der Waals surface area contributed by atoms with Crippen molar-refractivity contribution in [2.24, 2.45) is 5.10 Å². The van der Waals surface area contributed by atoms with Crippen LogP contribution < -0.4 is 25.5 Å². The number of urea groups is 1. The van der Waals surface area contributed by atoms with Crippen LogP contribution in [0.3, 0.4) is 0 Å². The zero-order chi connectivity index (χ0) is 25.4. The van der Waals surface area contributed by atoms with Gasteiger partial charge in [0.2, 0.25) is 0 Å². The fourth-order valence-corrected chi connectivity index (χ4v) is 3.57. The van der Waals surface area contributed by atoms with Gasteiger partial charge in [-0.25, -0.2) is 9.59 Å². The van der Waals surface area contributed by atoms with E-state index in [-0.39, 0.29) is 12.2 Å².